The van der Waals surface area contributed by atoms with Crippen molar-refractivity contribution in [2.45, 2.75) is 19.8 Å². The minimum absolute atomic E-state index is 0.0150. The fraction of sp³-hybridized carbons (Fsp3) is 0.400. The second-order valence-corrected chi connectivity index (χ2v) is 3.87. The summed E-state index contributed by atoms with van der Waals surface area (Å²) in [5, 5.41) is 9.59. The number of rotatable bonds is 4. The number of carbonyl (C=O) groups is 1. The SMILES string of the molecule is CCOC(=O)Cc1c(C(F)F)cnc(Br)c1O. The molecule has 0 amide bonds. The van der Waals surface area contributed by atoms with Crippen molar-refractivity contribution in [3.8, 4) is 5.75 Å². The van der Waals surface area contributed by atoms with Crippen molar-refractivity contribution in [2.24, 2.45) is 0 Å². The number of hydrogen-bond acceptors (Lipinski definition) is 4. The summed E-state index contributed by atoms with van der Waals surface area (Å²) in [6.45, 7) is 1.75. The first-order chi connectivity index (χ1) is 7.97. The number of ether oxygens (including phenoxy) is 1. The normalized spacial score (nSPS) is 10.6. The average molecular weight is 310 g/mol. The standard InChI is InChI=1S/C10H10BrF2NO3/c1-2-17-7(15)3-5-6(10(12)13)4-14-9(11)8(5)16/h4,10,16H,2-3H2,1H3. The maximum atomic E-state index is 12.7. The molecule has 1 N–H and O–H groups in total. The van der Waals surface area contributed by atoms with Gasteiger partial charge >= 0.3 is 5.97 Å². The smallest absolute Gasteiger partial charge is 0.310 e. The first-order valence-electron chi connectivity index (χ1n) is 4.77. The van der Waals surface area contributed by atoms with E-state index in [0.29, 0.717) is 0 Å². The van der Waals surface area contributed by atoms with Gasteiger partial charge in [0.1, 0.15) is 4.60 Å². The average Bonchev–Trinajstić information content (AvgIpc) is 2.25. The number of pyridine rings is 1. The second-order valence-electron chi connectivity index (χ2n) is 3.11. The van der Waals surface area contributed by atoms with Gasteiger partial charge in [-0.2, -0.15) is 0 Å². The van der Waals surface area contributed by atoms with Crippen molar-refractivity contribution in [3.05, 3.63) is 21.9 Å². The number of alkyl halides is 2. The summed E-state index contributed by atoms with van der Waals surface area (Å²) in [5.41, 5.74) is -0.640. The number of halogens is 3. The van der Waals surface area contributed by atoms with Gasteiger partial charge in [0.2, 0.25) is 0 Å². The van der Waals surface area contributed by atoms with Gasteiger partial charge in [0.25, 0.3) is 6.43 Å². The van der Waals surface area contributed by atoms with Crippen LogP contribution in [0, 0.1) is 0 Å². The lowest BCUT2D eigenvalue weighted by Crippen LogP contribution is -2.10. The molecule has 0 saturated heterocycles. The molecule has 4 nitrogen and oxygen atoms in total. The van der Waals surface area contributed by atoms with Crippen LogP contribution in [0.1, 0.15) is 24.5 Å². The van der Waals surface area contributed by atoms with E-state index in [1.165, 1.54) is 0 Å². The van der Waals surface area contributed by atoms with E-state index in [-0.39, 0.29) is 16.8 Å². The Balaban J connectivity index is 3.10. The summed E-state index contributed by atoms with van der Waals surface area (Å²) in [7, 11) is 0. The Morgan fingerprint density at radius 1 is 1.65 bits per heavy atom. The highest BCUT2D eigenvalue weighted by Crippen LogP contribution is 2.33. The van der Waals surface area contributed by atoms with Crippen molar-refractivity contribution in [2.75, 3.05) is 6.61 Å². The number of aromatic hydroxyl groups is 1. The molecule has 0 radical (unpaired) electrons. The molecule has 7 heteroatoms. The molecule has 0 bridgehead atoms. The lowest BCUT2D eigenvalue weighted by Gasteiger charge is -2.10. The molecule has 0 fully saturated rings. The fourth-order valence-corrected chi connectivity index (χ4v) is 1.60. The molecular weight excluding hydrogens is 300 g/mol. The van der Waals surface area contributed by atoms with E-state index in [9.17, 15) is 18.7 Å². The van der Waals surface area contributed by atoms with Crippen LogP contribution < -0.4 is 0 Å². The van der Waals surface area contributed by atoms with Gasteiger partial charge in [-0.15, -0.1) is 0 Å². The third-order valence-corrected chi connectivity index (χ3v) is 2.59. The largest absolute Gasteiger partial charge is 0.505 e. The van der Waals surface area contributed by atoms with E-state index in [2.05, 4.69) is 25.7 Å². The van der Waals surface area contributed by atoms with Crippen molar-refractivity contribution in [1.82, 2.24) is 4.98 Å². The van der Waals surface area contributed by atoms with Gasteiger partial charge in [-0.25, -0.2) is 13.8 Å². The van der Waals surface area contributed by atoms with Crippen molar-refractivity contribution >= 4 is 21.9 Å². The molecule has 1 aromatic heterocycles. The molecule has 1 aromatic rings. The van der Waals surface area contributed by atoms with Gasteiger partial charge in [-0.1, -0.05) is 0 Å². The molecule has 94 valence electrons. The summed E-state index contributed by atoms with van der Waals surface area (Å²) in [6.07, 6.45) is -2.31. The first-order valence-corrected chi connectivity index (χ1v) is 5.56. The quantitative estimate of drug-likeness (QED) is 0.686. The van der Waals surface area contributed by atoms with Crippen LogP contribution in [-0.4, -0.2) is 22.7 Å². The van der Waals surface area contributed by atoms with E-state index in [4.69, 9.17) is 0 Å². The van der Waals surface area contributed by atoms with Crippen LogP contribution in [0.2, 0.25) is 0 Å². The van der Waals surface area contributed by atoms with Crippen LogP contribution in [-0.2, 0) is 16.0 Å². The minimum Gasteiger partial charge on any atom is -0.505 e. The summed E-state index contributed by atoms with van der Waals surface area (Å²) >= 11 is 2.90. The Labute approximate surface area is 105 Å². The fourth-order valence-electron chi connectivity index (χ4n) is 1.26. The van der Waals surface area contributed by atoms with E-state index in [1.807, 2.05) is 0 Å². The highest BCUT2D eigenvalue weighted by Gasteiger charge is 2.21. The monoisotopic (exact) mass is 309 g/mol. The lowest BCUT2D eigenvalue weighted by molar-refractivity contribution is -0.142. The maximum Gasteiger partial charge on any atom is 0.310 e. The number of carbonyl (C=O) groups excluding carboxylic acids is 1. The third-order valence-electron chi connectivity index (χ3n) is 2.01. The Morgan fingerprint density at radius 2 is 2.29 bits per heavy atom. The van der Waals surface area contributed by atoms with Crippen molar-refractivity contribution in [3.63, 3.8) is 0 Å². The highest BCUT2D eigenvalue weighted by atomic mass is 79.9. The zero-order valence-corrected chi connectivity index (χ0v) is 10.5. The Morgan fingerprint density at radius 3 is 2.82 bits per heavy atom. The molecule has 17 heavy (non-hydrogen) atoms. The number of hydrogen-bond donors (Lipinski definition) is 1. The topological polar surface area (TPSA) is 59.4 Å². The Hall–Kier alpha value is -1.24. The molecule has 1 heterocycles. The molecule has 0 saturated carbocycles. The van der Waals surface area contributed by atoms with Gasteiger partial charge in [-0.05, 0) is 22.9 Å². The molecule has 0 aliphatic rings. The van der Waals surface area contributed by atoms with Crippen LogP contribution in [0.25, 0.3) is 0 Å². The van der Waals surface area contributed by atoms with Gasteiger partial charge in [0, 0.05) is 17.3 Å². The highest BCUT2D eigenvalue weighted by molar-refractivity contribution is 9.10. The van der Waals surface area contributed by atoms with E-state index in [0.717, 1.165) is 6.20 Å². The first kappa shape index (κ1) is 13.8. The van der Waals surface area contributed by atoms with Gasteiger partial charge in [0.15, 0.2) is 5.75 Å². The predicted octanol–water partition coefficient (Wildman–Crippen LogP) is 2.59. The van der Waals surface area contributed by atoms with Gasteiger partial charge < -0.3 is 9.84 Å². The second kappa shape index (κ2) is 5.90. The number of esters is 1. The zero-order chi connectivity index (χ0) is 13.0. The summed E-state index contributed by atoms with van der Waals surface area (Å²) in [5.74, 6) is -1.14. The minimum atomic E-state index is -2.81. The van der Waals surface area contributed by atoms with Crippen LogP contribution >= 0.6 is 15.9 Å². The third kappa shape index (κ3) is 3.36. The van der Waals surface area contributed by atoms with Crippen LogP contribution in [0.5, 0.6) is 5.75 Å². The molecule has 0 aliphatic carbocycles. The van der Waals surface area contributed by atoms with Gasteiger partial charge in [-0.3, -0.25) is 4.79 Å². The molecule has 1 rings (SSSR count). The van der Waals surface area contributed by atoms with Crippen molar-refractivity contribution in [1.29, 1.82) is 0 Å². The van der Waals surface area contributed by atoms with E-state index in [1.54, 1.807) is 6.92 Å². The van der Waals surface area contributed by atoms with E-state index >= 15 is 0 Å². The molecule has 0 aliphatic heterocycles. The predicted molar refractivity (Wildman–Crippen MR) is 58.9 cm³/mol. The maximum absolute atomic E-state index is 12.7. The van der Waals surface area contributed by atoms with Crippen molar-refractivity contribution < 1.29 is 23.4 Å². The molecule has 0 unspecified atom stereocenters. The van der Waals surface area contributed by atoms with Crippen LogP contribution in [0.3, 0.4) is 0 Å². The van der Waals surface area contributed by atoms with Crippen LogP contribution in [0.4, 0.5) is 8.78 Å². The molecular formula is C10H10BrF2NO3. The number of nitrogens with zero attached hydrogens (tertiary/aromatic N) is 1. The van der Waals surface area contributed by atoms with Gasteiger partial charge in [0.05, 0.1) is 13.0 Å². The molecule has 0 aromatic carbocycles. The summed E-state index contributed by atoms with van der Waals surface area (Å²) < 4.78 is 30.0. The zero-order valence-electron chi connectivity index (χ0n) is 8.91. The molecule has 0 spiro atoms. The number of aromatic nitrogens is 1. The van der Waals surface area contributed by atoms with Crippen LogP contribution in [0.15, 0.2) is 10.8 Å². The summed E-state index contributed by atoms with van der Waals surface area (Å²) in [4.78, 5) is 14.8. The summed E-state index contributed by atoms with van der Waals surface area (Å²) in [6, 6.07) is 0. The molecule has 0 atom stereocenters. The Bertz CT molecular complexity index is 426. The van der Waals surface area contributed by atoms with E-state index < -0.39 is 30.1 Å². The Kier molecular flexibility index (Phi) is 4.80. The lowest BCUT2D eigenvalue weighted by atomic mass is 10.1.